The van der Waals surface area contributed by atoms with Crippen LogP contribution >= 0.6 is 0 Å². The molecule has 1 aromatic heterocycles. The Morgan fingerprint density at radius 1 is 1.38 bits per heavy atom. The predicted molar refractivity (Wildman–Crippen MR) is 86.0 cm³/mol. The predicted octanol–water partition coefficient (Wildman–Crippen LogP) is 4.37. The van der Waals surface area contributed by atoms with Crippen molar-refractivity contribution in [2.75, 3.05) is 6.54 Å². The van der Waals surface area contributed by atoms with Crippen LogP contribution in [0.2, 0.25) is 0 Å². The van der Waals surface area contributed by atoms with Crippen molar-refractivity contribution in [3.63, 3.8) is 0 Å². The number of ether oxygens (including phenoxy) is 1. The van der Waals surface area contributed by atoms with Crippen molar-refractivity contribution < 1.29 is 9.15 Å². The molecule has 0 aliphatic heterocycles. The van der Waals surface area contributed by atoms with Gasteiger partial charge >= 0.3 is 0 Å². The topological polar surface area (TPSA) is 34.4 Å². The second-order valence-electron chi connectivity index (χ2n) is 6.88. The first-order valence-electron chi connectivity index (χ1n) is 8.48. The largest absolute Gasteiger partial charge is 0.467 e. The molecule has 1 aliphatic carbocycles. The van der Waals surface area contributed by atoms with Gasteiger partial charge in [0.1, 0.15) is 12.4 Å². The quantitative estimate of drug-likeness (QED) is 0.810. The Labute approximate surface area is 129 Å². The van der Waals surface area contributed by atoms with Gasteiger partial charge in [0, 0.05) is 12.1 Å². The third kappa shape index (κ3) is 4.86. The molecule has 2 rings (SSSR count). The van der Waals surface area contributed by atoms with E-state index in [1.807, 2.05) is 6.26 Å². The second kappa shape index (κ2) is 8.00. The lowest BCUT2D eigenvalue weighted by atomic mass is 9.75. The van der Waals surface area contributed by atoms with Crippen molar-refractivity contribution in [3.05, 3.63) is 23.7 Å². The van der Waals surface area contributed by atoms with Gasteiger partial charge < -0.3 is 14.5 Å². The van der Waals surface area contributed by atoms with Crippen LogP contribution in [0.5, 0.6) is 0 Å². The summed E-state index contributed by atoms with van der Waals surface area (Å²) in [7, 11) is 0. The van der Waals surface area contributed by atoms with Gasteiger partial charge in [-0.1, -0.05) is 34.1 Å². The van der Waals surface area contributed by atoms with Crippen LogP contribution in [-0.4, -0.2) is 12.6 Å². The fraction of sp³-hybridized carbons (Fsp3) is 0.778. The van der Waals surface area contributed by atoms with E-state index in [4.69, 9.17) is 9.15 Å². The molecule has 1 saturated carbocycles. The second-order valence-corrected chi connectivity index (χ2v) is 6.88. The Morgan fingerprint density at radius 3 is 2.90 bits per heavy atom. The Morgan fingerprint density at radius 2 is 2.19 bits per heavy atom. The van der Waals surface area contributed by atoms with Crippen molar-refractivity contribution in [3.8, 4) is 0 Å². The SMILES string of the molecule is CCNCc1coc(COC2CC(C)CCC2C(C)C)c1. The molecule has 1 aliphatic rings. The standard InChI is InChI=1S/C18H31NO2/c1-5-19-10-15-9-16(20-11-15)12-21-18-8-14(4)6-7-17(18)13(2)3/h9,11,13-14,17-19H,5-8,10,12H2,1-4H3. The van der Waals surface area contributed by atoms with E-state index in [2.05, 4.69) is 39.1 Å². The number of nitrogens with one attached hydrogen (secondary N) is 1. The highest BCUT2D eigenvalue weighted by Crippen LogP contribution is 2.35. The summed E-state index contributed by atoms with van der Waals surface area (Å²) in [5, 5.41) is 3.31. The van der Waals surface area contributed by atoms with E-state index in [1.165, 1.54) is 24.8 Å². The Balaban J connectivity index is 1.86. The van der Waals surface area contributed by atoms with Crippen LogP contribution in [0.3, 0.4) is 0 Å². The van der Waals surface area contributed by atoms with Crippen LogP contribution in [0.25, 0.3) is 0 Å². The molecule has 0 spiro atoms. The fourth-order valence-corrected chi connectivity index (χ4v) is 3.36. The first-order chi connectivity index (χ1) is 10.1. The molecule has 1 aromatic rings. The van der Waals surface area contributed by atoms with Crippen LogP contribution in [0.1, 0.15) is 58.3 Å². The van der Waals surface area contributed by atoms with E-state index in [9.17, 15) is 0 Å². The number of rotatable bonds is 7. The molecule has 0 amide bonds. The zero-order valence-electron chi connectivity index (χ0n) is 14.0. The van der Waals surface area contributed by atoms with Gasteiger partial charge in [0.25, 0.3) is 0 Å². The van der Waals surface area contributed by atoms with Gasteiger partial charge in [-0.15, -0.1) is 0 Å². The van der Waals surface area contributed by atoms with Gasteiger partial charge in [-0.2, -0.15) is 0 Å². The molecule has 21 heavy (non-hydrogen) atoms. The van der Waals surface area contributed by atoms with Crippen molar-refractivity contribution in [2.45, 2.75) is 66.2 Å². The number of hydrogen-bond donors (Lipinski definition) is 1. The zero-order chi connectivity index (χ0) is 15.2. The maximum Gasteiger partial charge on any atom is 0.129 e. The van der Waals surface area contributed by atoms with Crippen molar-refractivity contribution in [1.29, 1.82) is 0 Å². The first-order valence-corrected chi connectivity index (χ1v) is 8.48. The summed E-state index contributed by atoms with van der Waals surface area (Å²) in [6.45, 7) is 11.5. The third-order valence-corrected chi connectivity index (χ3v) is 4.69. The first kappa shape index (κ1) is 16.6. The lowest BCUT2D eigenvalue weighted by Gasteiger charge is -2.37. The van der Waals surface area contributed by atoms with E-state index >= 15 is 0 Å². The Kier molecular flexibility index (Phi) is 6.31. The van der Waals surface area contributed by atoms with Gasteiger partial charge in [0.05, 0.1) is 12.4 Å². The van der Waals surface area contributed by atoms with Crippen LogP contribution < -0.4 is 5.32 Å². The maximum atomic E-state index is 6.22. The summed E-state index contributed by atoms with van der Waals surface area (Å²) in [6, 6.07) is 2.11. The molecule has 3 heteroatoms. The molecule has 0 bridgehead atoms. The minimum atomic E-state index is 0.385. The lowest BCUT2D eigenvalue weighted by molar-refractivity contribution is -0.0522. The summed E-state index contributed by atoms with van der Waals surface area (Å²) < 4.78 is 11.8. The lowest BCUT2D eigenvalue weighted by Crippen LogP contribution is -2.34. The number of hydrogen-bond acceptors (Lipinski definition) is 3. The highest BCUT2D eigenvalue weighted by Gasteiger charge is 2.31. The molecule has 3 atom stereocenters. The molecule has 1 N–H and O–H groups in total. The van der Waals surface area contributed by atoms with Gasteiger partial charge in [0.15, 0.2) is 0 Å². The molecule has 1 heterocycles. The van der Waals surface area contributed by atoms with E-state index in [1.54, 1.807) is 0 Å². The van der Waals surface area contributed by atoms with Crippen molar-refractivity contribution >= 4 is 0 Å². The van der Waals surface area contributed by atoms with E-state index < -0.39 is 0 Å². The minimum absolute atomic E-state index is 0.385. The molecule has 120 valence electrons. The molecular weight excluding hydrogens is 262 g/mol. The highest BCUT2D eigenvalue weighted by atomic mass is 16.5. The summed E-state index contributed by atoms with van der Waals surface area (Å²) in [4.78, 5) is 0. The summed E-state index contributed by atoms with van der Waals surface area (Å²) in [5.41, 5.74) is 1.20. The highest BCUT2D eigenvalue weighted by molar-refractivity contribution is 5.12. The van der Waals surface area contributed by atoms with E-state index in [0.717, 1.165) is 24.8 Å². The number of furan rings is 1. The molecule has 0 saturated heterocycles. The monoisotopic (exact) mass is 293 g/mol. The van der Waals surface area contributed by atoms with E-state index in [0.29, 0.717) is 24.5 Å². The van der Waals surface area contributed by atoms with Crippen LogP contribution in [-0.2, 0) is 17.9 Å². The van der Waals surface area contributed by atoms with Crippen LogP contribution in [0, 0.1) is 17.8 Å². The van der Waals surface area contributed by atoms with Crippen LogP contribution in [0.15, 0.2) is 16.7 Å². The smallest absolute Gasteiger partial charge is 0.129 e. The molecular formula is C18H31NO2. The molecule has 1 fully saturated rings. The van der Waals surface area contributed by atoms with Crippen molar-refractivity contribution in [1.82, 2.24) is 5.32 Å². The van der Waals surface area contributed by atoms with Gasteiger partial charge in [-0.05, 0) is 43.2 Å². The Bertz CT molecular complexity index is 413. The third-order valence-electron chi connectivity index (χ3n) is 4.69. The Hall–Kier alpha value is -0.800. The normalized spacial score (nSPS) is 26.4. The van der Waals surface area contributed by atoms with Gasteiger partial charge in [0.2, 0.25) is 0 Å². The van der Waals surface area contributed by atoms with E-state index in [-0.39, 0.29) is 0 Å². The van der Waals surface area contributed by atoms with Crippen LogP contribution in [0.4, 0.5) is 0 Å². The van der Waals surface area contributed by atoms with Gasteiger partial charge in [-0.25, -0.2) is 0 Å². The average Bonchev–Trinajstić information content (AvgIpc) is 2.90. The molecule has 0 radical (unpaired) electrons. The summed E-state index contributed by atoms with van der Waals surface area (Å²) in [6.07, 6.45) is 6.05. The average molecular weight is 293 g/mol. The maximum absolute atomic E-state index is 6.22. The molecule has 0 aromatic carbocycles. The molecule has 3 nitrogen and oxygen atoms in total. The minimum Gasteiger partial charge on any atom is -0.467 e. The summed E-state index contributed by atoms with van der Waals surface area (Å²) >= 11 is 0. The summed E-state index contributed by atoms with van der Waals surface area (Å²) in [5.74, 6) is 3.12. The fourth-order valence-electron chi connectivity index (χ4n) is 3.36. The van der Waals surface area contributed by atoms with Gasteiger partial charge in [-0.3, -0.25) is 0 Å². The van der Waals surface area contributed by atoms with Crippen molar-refractivity contribution in [2.24, 2.45) is 17.8 Å². The zero-order valence-corrected chi connectivity index (χ0v) is 14.0. The molecule has 3 unspecified atom stereocenters.